The fourth-order valence-electron chi connectivity index (χ4n) is 2.25. The van der Waals surface area contributed by atoms with E-state index >= 15 is 0 Å². The van der Waals surface area contributed by atoms with E-state index in [2.05, 4.69) is 22.9 Å². The van der Waals surface area contributed by atoms with Crippen LogP contribution in [0.5, 0.6) is 0 Å². The molecule has 1 saturated carbocycles. The summed E-state index contributed by atoms with van der Waals surface area (Å²) in [5.41, 5.74) is -0.984. The molecule has 7 heteroatoms. The molecular weight excluding hydrogens is 340 g/mol. The van der Waals surface area contributed by atoms with Gasteiger partial charge in [-0.3, -0.25) is 14.9 Å². The smallest absolute Gasteiger partial charge is 0.335 e. The minimum atomic E-state index is -0.638. The van der Waals surface area contributed by atoms with Crippen LogP contribution in [0.2, 0.25) is 0 Å². The van der Waals surface area contributed by atoms with Crippen molar-refractivity contribution in [2.75, 3.05) is 13.2 Å². The summed E-state index contributed by atoms with van der Waals surface area (Å²) < 4.78 is 7.63. The molecular formula is C14H19BrN2O4. The Morgan fingerprint density at radius 3 is 2.81 bits per heavy atom. The van der Waals surface area contributed by atoms with Crippen LogP contribution in [0.4, 0.5) is 5.69 Å². The van der Waals surface area contributed by atoms with E-state index in [4.69, 9.17) is 4.74 Å². The molecule has 1 aliphatic rings. The molecule has 0 N–H and O–H groups in total. The van der Waals surface area contributed by atoms with Crippen LogP contribution in [0.3, 0.4) is 0 Å². The van der Waals surface area contributed by atoms with Crippen molar-refractivity contribution in [1.82, 2.24) is 4.57 Å². The number of halogens is 1. The molecule has 0 atom stereocenters. The van der Waals surface area contributed by atoms with Crippen molar-refractivity contribution in [1.29, 1.82) is 0 Å². The Bertz CT molecular complexity index is 581. The molecule has 6 nitrogen and oxygen atoms in total. The Kier molecular flexibility index (Phi) is 5.16. The lowest BCUT2D eigenvalue weighted by molar-refractivity contribution is -0.386. The monoisotopic (exact) mass is 358 g/mol. The zero-order chi connectivity index (χ0) is 15.5. The first kappa shape index (κ1) is 16.2. The molecule has 21 heavy (non-hydrogen) atoms. The van der Waals surface area contributed by atoms with Gasteiger partial charge in [0, 0.05) is 35.3 Å². The number of hydrogen-bond acceptors (Lipinski definition) is 4. The van der Waals surface area contributed by atoms with Crippen molar-refractivity contribution in [2.24, 2.45) is 5.41 Å². The Labute approximate surface area is 131 Å². The summed E-state index contributed by atoms with van der Waals surface area (Å²) in [6.45, 7) is 3.92. The van der Waals surface area contributed by atoms with E-state index in [1.165, 1.54) is 10.6 Å². The summed E-state index contributed by atoms with van der Waals surface area (Å²) in [5, 5.41) is 10.9. The number of unbranched alkanes of at least 4 members (excludes halogenated alkanes) is 1. The highest BCUT2D eigenvalue weighted by Gasteiger charge is 2.43. The van der Waals surface area contributed by atoms with Gasteiger partial charge < -0.3 is 9.30 Å². The van der Waals surface area contributed by atoms with Crippen LogP contribution in [0.1, 0.15) is 32.6 Å². The van der Waals surface area contributed by atoms with E-state index in [9.17, 15) is 14.9 Å². The highest BCUT2D eigenvalue weighted by molar-refractivity contribution is 9.10. The van der Waals surface area contributed by atoms with Crippen molar-refractivity contribution < 1.29 is 9.66 Å². The van der Waals surface area contributed by atoms with Gasteiger partial charge in [0.15, 0.2) is 0 Å². The van der Waals surface area contributed by atoms with Crippen LogP contribution in [-0.4, -0.2) is 22.7 Å². The number of ether oxygens (including phenoxy) is 1. The van der Waals surface area contributed by atoms with Gasteiger partial charge in [-0.25, -0.2) is 0 Å². The van der Waals surface area contributed by atoms with Gasteiger partial charge in [0.2, 0.25) is 0 Å². The SMILES string of the molecule is CCCCOCC1(Cn2cc(Br)cc([N+](=O)[O-])c2=O)CC1. The number of pyridine rings is 1. The van der Waals surface area contributed by atoms with E-state index in [0.29, 0.717) is 17.6 Å². The first-order valence-electron chi connectivity index (χ1n) is 7.09. The number of rotatable bonds is 8. The summed E-state index contributed by atoms with van der Waals surface area (Å²) in [5.74, 6) is 0. The highest BCUT2D eigenvalue weighted by Crippen LogP contribution is 2.47. The Morgan fingerprint density at radius 2 is 2.24 bits per heavy atom. The zero-order valence-electron chi connectivity index (χ0n) is 12.0. The van der Waals surface area contributed by atoms with Gasteiger partial charge in [0.25, 0.3) is 0 Å². The zero-order valence-corrected chi connectivity index (χ0v) is 13.6. The van der Waals surface area contributed by atoms with Gasteiger partial charge in [-0.2, -0.15) is 0 Å². The van der Waals surface area contributed by atoms with Crippen LogP contribution in [0.15, 0.2) is 21.5 Å². The van der Waals surface area contributed by atoms with Gasteiger partial charge >= 0.3 is 11.2 Å². The highest BCUT2D eigenvalue weighted by atomic mass is 79.9. The third kappa shape index (κ3) is 4.14. The normalized spacial score (nSPS) is 15.9. The number of aromatic nitrogens is 1. The summed E-state index contributed by atoms with van der Waals surface area (Å²) in [6.07, 6.45) is 5.71. The summed E-state index contributed by atoms with van der Waals surface area (Å²) in [7, 11) is 0. The third-order valence-electron chi connectivity index (χ3n) is 3.74. The lowest BCUT2D eigenvalue weighted by Crippen LogP contribution is -2.28. The molecule has 0 radical (unpaired) electrons. The lowest BCUT2D eigenvalue weighted by Gasteiger charge is -2.17. The second-order valence-electron chi connectivity index (χ2n) is 5.64. The molecule has 1 heterocycles. The van der Waals surface area contributed by atoms with Crippen LogP contribution in [-0.2, 0) is 11.3 Å². The first-order valence-corrected chi connectivity index (χ1v) is 7.89. The predicted octanol–water partition coefficient (Wildman–Crippen LogP) is 3.12. The van der Waals surface area contributed by atoms with Crippen LogP contribution in [0, 0.1) is 15.5 Å². The van der Waals surface area contributed by atoms with E-state index in [-0.39, 0.29) is 5.41 Å². The summed E-state index contributed by atoms with van der Waals surface area (Å²) in [6, 6.07) is 1.25. The van der Waals surface area contributed by atoms with Crippen LogP contribution in [0.25, 0.3) is 0 Å². The predicted molar refractivity (Wildman–Crippen MR) is 82.5 cm³/mol. The largest absolute Gasteiger partial charge is 0.381 e. The van der Waals surface area contributed by atoms with Gasteiger partial charge in [0.05, 0.1) is 11.5 Å². The lowest BCUT2D eigenvalue weighted by atomic mass is 10.1. The molecule has 0 unspecified atom stereocenters. The fourth-order valence-corrected chi connectivity index (χ4v) is 2.72. The maximum atomic E-state index is 12.1. The van der Waals surface area contributed by atoms with Crippen molar-refractivity contribution in [3.63, 3.8) is 0 Å². The fraction of sp³-hybridized carbons (Fsp3) is 0.643. The van der Waals surface area contributed by atoms with Gasteiger partial charge in [-0.1, -0.05) is 13.3 Å². The van der Waals surface area contributed by atoms with Gasteiger partial charge in [0.1, 0.15) is 0 Å². The standard InChI is InChI=1S/C14H19BrN2O4/c1-2-3-6-21-10-14(4-5-14)9-16-8-11(15)7-12(13(16)18)17(19)20/h7-8H,2-6,9-10H2,1H3. The van der Waals surface area contributed by atoms with E-state index in [1.54, 1.807) is 6.20 Å². The van der Waals surface area contributed by atoms with E-state index < -0.39 is 16.2 Å². The Morgan fingerprint density at radius 1 is 1.52 bits per heavy atom. The molecule has 0 bridgehead atoms. The van der Waals surface area contributed by atoms with Crippen molar-refractivity contribution in [2.45, 2.75) is 39.2 Å². The maximum absolute atomic E-state index is 12.1. The average Bonchev–Trinajstić information content (AvgIpc) is 3.18. The molecule has 1 aromatic heterocycles. The molecule has 2 rings (SSSR count). The number of nitro groups is 1. The Balaban J connectivity index is 2.09. The molecule has 0 aliphatic heterocycles. The Hall–Kier alpha value is -1.21. The maximum Gasteiger partial charge on any atom is 0.335 e. The number of hydrogen-bond donors (Lipinski definition) is 0. The second kappa shape index (κ2) is 6.70. The average molecular weight is 359 g/mol. The summed E-state index contributed by atoms with van der Waals surface area (Å²) >= 11 is 3.22. The molecule has 0 aromatic carbocycles. The minimum Gasteiger partial charge on any atom is -0.381 e. The van der Waals surface area contributed by atoms with Crippen LogP contribution >= 0.6 is 15.9 Å². The topological polar surface area (TPSA) is 74.4 Å². The van der Waals surface area contributed by atoms with Crippen molar-refractivity contribution in [3.8, 4) is 0 Å². The molecule has 1 aromatic rings. The van der Waals surface area contributed by atoms with Gasteiger partial charge in [-0.05, 0) is 35.2 Å². The second-order valence-corrected chi connectivity index (χ2v) is 6.56. The molecule has 0 spiro atoms. The quantitative estimate of drug-likeness (QED) is 0.406. The first-order chi connectivity index (χ1) is 9.97. The number of nitrogens with zero attached hydrogens (tertiary/aromatic N) is 2. The van der Waals surface area contributed by atoms with E-state index in [0.717, 1.165) is 32.3 Å². The molecule has 1 aliphatic carbocycles. The molecule has 1 fully saturated rings. The van der Waals surface area contributed by atoms with Crippen LogP contribution < -0.4 is 5.56 Å². The third-order valence-corrected chi connectivity index (χ3v) is 4.18. The molecule has 116 valence electrons. The molecule has 0 saturated heterocycles. The minimum absolute atomic E-state index is 0.0355. The van der Waals surface area contributed by atoms with E-state index in [1.807, 2.05) is 0 Å². The molecule has 0 amide bonds. The van der Waals surface area contributed by atoms with Crippen molar-refractivity contribution >= 4 is 21.6 Å². The van der Waals surface area contributed by atoms with Crippen molar-refractivity contribution in [3.05, 3.63) is 37.2 Å². The summed E-state index contributed by atoms with van der Waals surface area (Å²) in [4.78, 5) is 22.4. The van der Waals surface area contributed by atoms with Gasteiger partial charge in [-0.15, -0.1) is 0 Å².